The van der Waals surface area contributed by atoms with Crippen molar-refractivity contribution in [2.45, 2.75) is 25.7 Å². The van der Waals surface area contributed by atoms with Gasteiger partial charge in [-0.2, -0.15) is 0 Å². The van der Waals surface area contributed by atoms with Gasteiger partial charge in [-0.3, -0.25) is 9.59 Å². The summed E-state index contributed by atoms with van der Waals surface area (Å²) in [7, 11) is 0. The molecule has 2 heterocycles. The molecule has 0 unspecified atom stereocenters. The maximum atomic E-state index is 12.6. The summed E-state index contributed by atoms with van der Waals surface area (Å²) in [4.78, 5) is 38.2. The van der Waals surface area contributed by atoms with Gasteiger partial charge in [-0.1, -0.05) is 18.2 Å². The Bertz CT molecular complexity index is 762. The van der Waals surface area contributed by atoms with Crippen LogP contribution in [0.5, 0.6) is 0 Å². The summed E-state index contributed by atoms with van der Waals surface area (Å²) in [5.74, 6) is -1.29. The third kappa shape index (κ3) is 6.30. The number of benzene rings is 1. The van der Waals surface area contributed by atoms with Crippen LogP contribution in [0.2, 0.25) is 0 Å². The fourth-order valence-corrected chi connectivity index (χ4v) is 3.77. The highest BCUT2D eigenvalue weighted by Gasteiger charge is 2.28. The number of carbonyl (C=O) groups excluding carboxylic acids is 2. The number of amides is 2. The minimum absolute atomic E-state index is 0. The van der Waals surface area contributed by atoms with E-state index in [0.717, 1.165) is 32.4 Å². The van der Waals surface area contributed by atoms with E-state index in [-0.39, 0.29) is 41.4 Å². The first-order chi connectivity index (χ1) is 13.5. The number of nitrogens with zero attached hydrogens (tertiary/aromatic N) is 1. The smallest absolute Gasteiger partial charge is 0.337 e. The van der Waals surface area contributed by atoms with E-state index in [0.29, 0.717) is 25.4 Å². The largest absolute Gasteiger partial charge is 0.478 e. The third-order valence-electron chi connectivity index (χ3n) is 5.41. The van der Waals surface area contributed by atoms with Gasteiger partial charge in [0.15, 0.2) is 0 Å². The number of rotatable bonds is 5. The topological polar surface area (TPSA) is 98.7 Å². The second-order valence-corrected chi connectivity index (χ2v) is 7.41. The van der Waals surface area contributed by atoms with Gasteiger partial charge in [0.2, 0.25) is 11.8 Å². The molecular formula is C21H28ClN3O4. The fraction of sp³-hybridized carbons (Fsp3) is 0.476. The summed E-state index contributed by atoms with van der Waals surface area (Å²) in [5.41, 5.74) is 0.346. The van der Waals surface area contributed by atoms with E-state index in [2.05, 4.69) is 10.6 Å². The van der Waals surface area contributed by atoms with Crippen molar-refractivity contribution < 1.29 is 19.5 Å². The Morgan fingerprint density at radius 1 is 1.14 bits per heavy atom. The van der Waals surface area contributed by atoms with Gasteiger partial charge < -0.3 is 20.6 Å². The van der Waals surface area contributed by atoms with E-state index in [4.69, 9.17) is 0 Å². The van der Waals surface area contributed by atoms with Crippen molar-refractivity contribution in [2.75, 3.05) is 31.5 Å². The lowest BCUT2D eigenvalue weighted by atomic mass is 9.96. The maximum Gasteiger partial charge on any atom is 0.337 e. The monoisotopic (exact) mass is 421 g/mol. The molecule has 1 aromatic rings. The molecule has 0 aliphatic carbocycles. The molecule has 3 N–H and O–H groups in total. The van der Waals surface area contributed by atoms with Gasteiger partial charge in [0, 0.05) is 13.1 Å². The second kappa shape index (κ2) is 11.0. The lowest BCUT2D eigenvalue weighted by Gasteiger charge is -2.31. The highest BCUT2D eigenvalue weighted by molar-refractivity contribution is 6.01. The van der Waals surface area contributed by atoms with Crippen LogP contribution >= 0.6 is 12.4 Å². The zero-order chi connectivity index (χ0) is 19.9. The first kappa shape index (κ1) is 22.9. The average Bonchev–Trinajstić information content (AvgIpc) is 2.73. The molecule has 1 aromatic carbocycles. The SMILES string of the molecule is Cl.O=C(O)c1ccccc1NC(=O)[C@@H]1CCCN(C(=O)C=CC2CCNCC2)C1. The fourth-order valence-electron chi connectivity index (χ4n) is 3.77. The van der Waals surface area contributed by atoms with Crippen LogP contribution in [0.4, 0.5) is 5.69 Å². The van der Waals surface area contributed by atoms with Gasteiger partial charge in [-0.25, -0.2) is 4.79 Å². The molecule has 0 spiro atoms. The maximum absolute atomic E-state index is 12.6. The molecule has 0 saturated carbocycles. The predicted octanol–water partition coefficient (Wildman–Crippen LogP) is 2.54. The molecular weight excluding hydrogens is 394 g/mol. The summed E-state index contributed by atoms with van der Waals surface area (Å²) >= 11 is 0. The molecule has 3 rings (SSSR count). The van der Waals surface area contributed by atoms with E-state index in [1.165, 1.54) is 6.07 Å². The van der Waals surface area contributed by atoms with E-state index in [9.17, 15) is 19.5 Å². The lowest BCUT2D eigenvalue weighted by molar-refractivity contribution is -0.130. The van der Waals surface area contributed by atoms with Crippen LogP contribution in [0.1, 0.15) is 36.0 Å². The molecule has 8 heteroatoms. The van der Waals surface area contributed by atoms with Gasteiger partial charge in [0.25, 0.3) is 0 Å². The van der Waals surface area contributed by atoms with Gasteiger partial charge in [-0.05, 0) is 62.9 Å². The molecule has 2 amide bonds. The quantitative estimate of drug-likeness (QED) is 0.634. The Morgan fingerprint density at radius 3 is 2.59 bits per heavy atom. The lowest BCUT2D eigenvalue weighted by Crippen LogP contribution is -2.43. The number of likely N-dealkylation sites (tertiary alicyclic amines) is 1. The number of halogens is 1. The number of para-hydroxylation sites is 1. The summed E-state index contributed by atoms with van der Waals surface area (Å²) in [6.07, 6.45) is 7.16. The van der Waals surface area contributed by atoms with E-state index in [1.807, 2.05) is 6.08 Å². The Hall–Kier alpha value is -2.38. The molecule has 2 aliphatic rings. The van der Waals surface area contributed by atoms with Crippen molar-refractivity contribution in [1.29, 1.82) is 0 Å². The Labute approximate surface area is 176 Å². The van der Waals surface area contributed by atoms with Crippen molar-refractivity contribution in [3.05, 3.63) is 42.0 Å². The normalized spacial score (nSPS) is 20.1. The molecule has 7 nitrogen and oxygen atoms in total. The molecule has 29 heavy (non-hydrogen) atoms. The second-order valence-electron chi connectivity index (χ2n) is 7.41. The number of hydrogen-bond acceptors (Lipinski definition) is 4. The van der Waals surface area contributed by atoms with Crippen molar-refractivity contribution in [3.63, 3.8) is 0 Å². The van der Waals surface area contributed by atoms with Gasteiger partial charge in [0.05, 0.1) is 17.2 Å². The predicted molar refractivity (Wildman–Crippen MR) is 113 cm³/mol. The molecule has 0 radical (unpaired) electrons. The molecule has 0 bridgehead atoms. The zero-order valence-corrected chi connectivity index (χ0v) is 17.1. The standard InChI is InChI=1S/C21H27N3O4.ClH/c25-19(8-7-15-9-11-22-12-10-15)24-13-3-4-16(14-24)20(26)23-18-6-2-1-5-17(18)21(27)28;/h1-2,5-8,15-16,22H,3-4,9-14H2,(H,23,26)(H,27,28);1H/t16-;/m1./s1. The number of anilines is 1. The van der Waals surface area contributed by atoms with Crippen molar-refractivity contribution in [1.82, 2.24) is 10.2 Å². The highest BCUT2D eigenvalue weighted by Crippen LogP contribution is 2.21. The van der Waals surface area contributed by atoms with Crippen molar-refractivity contribution >= 4 is 35.9 Å². The minimum Gasteiger partial charge on any atom is -0.478 e. The van der Waals surface area contributed by atoms with Gasteiger partial charge in [-0.15, -0.1) is 12.4 Å². The van der Waals surface area contributed by atoms with Crippen LogP contribution in [0.15, 0.2) is 36.4 Å². The number of nitrogens with one attached hydrogen (secondary N) is 2. The van der Waals surface area contributed by atoms with Gasteiger partial charge in [0.1, 0.15) is 0 Å². The molecule has 2 fully saturated rings. The van der Waals surface area contributed by atoms with Crippen LogP contribution in [0.25, 0.3) is 0 Å². The summed E-state index contributed by atoms with van der Waals surface area (Å²) < 4.78 is 0. The van der Waals surface area contributed by atoms with Crippen molar-refractivity contribution in [2.24, 2.45) is 11.8 Å². The molecule has 158 valence electrons. The number of carboxylic acid groups (broad SMARTS) is 1. The molecule has 1 atom stereocenters. The Balaban J connectivity index is 0.00000300. The van der Waals surface area contributed by atoms with Crippen LogP contribution in [0, 0.1) is 11.8 Å². The van der Waals surface area contributed by atoms with E-state index >= 15 is 0 Å². The zero-order valence-electron chi connectivity index (χ0n) is 16.3. The molecule has 2 saturated heterocycles. The Kier molecular flexibility index (Phi) is 8.67. The number of piperidine rings is 2. The number of carbonyl (C=O) groups is 3. The summed E-state index contributed by atoms with van der Waals surface area (Å²) in [6.45, 7) is 2.96. The van der Waals surface area contributed by atoms with Crippen LogP contribution in [-0.2, 0) is 9.59 Å². The first-order valence-electron chi connectivity index (χ1n) is 9.85. The first-order valence-corrected chi connectivity index (χ1v) is 9.85. The Morgan fingerprint density at radius 2 is 1.86 bits per heavy atom. The average molecular weight is 422 g/mol. The van der Waals surface area contributed by atoms with Crippen LogP contribution < -0.4 is 10.6 Å². The molecule has 0 aromatic heterocycles. The van der Waals surface area contributed by atoms with Crippen LogP contribution in [-0.4, -0.2) is 54.0 Å². The van der Waals surface area contributed by atoms with Gasteiger partial charge >= 0.3 is 5.97 Å². The van der Waals surface area contributed by atoms with Crippen LogP contribution in [0.3, 0.4) is 0 Å². The van der Waals surface area contributed by atoms with E-state index < -0.39 is 5.97 Å². The van der Waals surface area contributed by atoms with Crippen molar-refractivity contribution in [3.8, 4) is 0 Å². The summed E-state index contributed by atoms with van der Waals surface area (Å²) in [5, 5.41) is 15.3. The molecule has 2 aliphatic heterocycles. The number of allylic oxidation sites excluding steroid dienone is 1. The van der Waals surface area contributed by atoms with E-state index in [1.54, 1.807) is 29.2 Å². The highest BCUT2D eigenvalue weighted by atomic mass is 35.5. The number of carboxylic acids is 1. The minimum atomic E-state index is -1.08. The third-order valence-corrected chi connectivity index (χ3v) is 5.41. The summed E-state index contributed by atoms with van der Waals surface area (Å²) in [6, 6.07) is 6.34. The number of hydrogen-bond donors (Lipinski definition) is 3. The number of aromatic carboxylic acids is 1.